The zero-order valence-electron chi connectivity index (χ0n) is 12.1. The van der Waals surface area contributed by atoms with Crippen LogP contribution in [-0.4, -0.2) is 12.7 Å². The summed E-state index contributed by atoms with van der Waals surface area (Å²) >= 11 is 3.84. The molecule has 0 saturated heterocycles. The maximum absolute atomic E-state index is 5.62. The Morgan fingerprint density at radius 1 is 1.21 bits per heavy atom. The van der Waals surface area contributed by atoms with Gasteiger partial charge in [-0.2, -0.15) is 0 Å². The second-order valence-electron chi connectivity index (χ2n) is 5.61. The van der Waals surface area contributed by atoms with Gasteiger partial charge in [-0.15, -0.1) is 0 Å². The molecular weight excluding hydrogens is 300 g/mol. The second kappa shape index (κ2) is 7.44. The summed E-state index contributed by atoms with van der Waals surface area (Å²) in [7, 11) is 0. The van der Waals surface area contributed by atoms with Crippen LogP contribution >= 0.6 is 15.9 Å². The van der Waals surface area contributed by atoms with Gasteiger partial charge in [-0.05, 0) is 49.7 Å². The van der Waals surface area contributed by atoms with Crippen molar-refractivity contribution >= 4 is 15.9 Å². The van der Waals surface area contributed by atoms with Crippen molar-refractivity contribution in [3.63, 3.8) is 0 Å². The van der Waals surface area contributed by atoms with E-state index in [2.05, 4.69) is 54.0 Å². The van der Waals surface area contributed by atoms with E-state index in [1.54, 1.807) is 0 Å². The van der Waals surface area contributed by atoms with Crippen LogP contribution in [0.2, 0.25) is 0 Å². The third-order valence-electron chi connectivity index (χ3n) is 4.02. The topological polar surface area (TPSA) is 9.23 Å². The minimum atomic E-state index is 0.496. The van der Waals surface area contributed by atoms with E-state index in [1.165, 1.54) is 43.2 Å². The van der Waals surface area contributed by atoms with E-state index >= 15 is 0 Å². The van der Waals surface area contributed by atoms with Crippen LogP contribution in [0.3, 0.4) is 0 Å². The second-order valence-corrected chi connectivity index (χ2v) is 6.71. The summed E-state index contributed by atoms with van der Waals surface area (Å²) in [6.45, 7) is 5.17. The average molecular weight is 325 g/mol. The van der Waals surface area contributed by atoms with Crippen molar-refractivity contribution in [2.75, 3.05) is 6.61 Å². The molecule has 1 aromatic rings. The SMILES string of the molecule is CCCc1ccc(C(Br)CC2CC(OCC)C2)cc1. The van der Waals surface area contributed by atoms with Crippen molar-refractivity contribution in [3.8, 4) is 0 Å². The van der Waals surface area contributed by atoms with E-state index in [4.69, 9.17) is 4.74 Å². The molecule has 1 fully saturated rings. The fourth-order valence-corrected chi connectivity index (χ4v) is 3.68. The van der Waals surface area contributed by atoms with Gasteiger partial charge in [0.05, 0.1) is 6.10 Å². The van der Waals surface area contributed by atoms with E-state index in [-0.39, 0.29) is 0 Å². The highest BCUT2D eigenvalue weighted by Gasteiger charge is 2.31. The first-order valence-electron chi connectivity index (χ1n) is 7.57. The Morgan fingerprint density at radius 2 is 1.89 bits per heavy atom. The van der Waals surface area contributed by atoms with Crippen LogP contribution in [0.4, 0.5) is 0 Å². The molecule has 1 unspecified atom stereocenters. The maximum Gasteiger partial charge on any atom is 0.0580 e. The molecule has 0 aliphatic heterocycles. The van der Waals surface area contributed by atoms with Crippen molar-refractivity contribution in [2.45, 2.75) is 56.9 Å². The van der Waals surface area contributed by atoms with Gasteiger partial charge in [0.1, 0.15) is 0 Å². The predicted molar refractivity (Wildman–Crippen MR) is 84.9 cm³/mol. The third-order valence-corrected chi connectivity index (χ3v) is 4.92. The number of hydrogen-bond donors (Lipinski definition) is 0. The molecule has 1 atom stereocenters. The summed E-state index contributed by atoms with van der Waals surface area (Å²) < 4.78 is 5.62. The molecule has 2 rings (SSSR count). The van der Waals surface area contributed by atoms with Crippen LogP contribution in [0.15, 0.2) is 24.3 Å². The van der Waals surface area contributed by atoms with E-state index in [0.29, 0.717) is 10.9 Å². The summed E-state index contributed by atoms with van der Waals surface area (Å²) in [5.41, 5.74) is 2.87. The predicted octanol–water partition coefficient (Wildman–Crippen LogP) is 5.28. The van der Waals surface area contributed by atoms with Gasteiger partial charge in [-0.25, -0.2) is 0 Å². The molecule has 0 radical (unpaired) electrons. The van der Waals surface area contributed by atoms with Gasteiger partial charge < -0.3 is 4.74 Å². The fourth-order valence-electron chi connectivity index (χ4n) is 2.85. The molecule has 1 aliphatic rings. The summed E-state index contributed by atoms with van der Waals surface area (Å²) in [5, 5.41) is 0. The van der Waals surface area contributed by atoms with Crippen molar-refractivity contribution in [1.82, 2.24) is 0 Å². The Kier molecular flexibility index (Phi) is 5.90. The molecule has 0 heterocycles. The Hall–Kier alpha value is -0.340. The van der Waals surface area contributed by atoms with E-state index in [9.17, 15) is 0 Å². The first kappa shape index (κ1) is 15.1. The van der Waals surface area contributed by atoms with E-state index in [1.807, 2.05) is 0 Å². The third kappa shape index (κ3) is 4.32. The van der Waals surface area contributed by atoms with Crippen LogP contribution in [0, 0.1) is 5.92 Å². The van der Waals surface area contributed by atoms with Gasteiger partial charge in [-0.1, -0.05) is 53.5 Å². The molecule has 0 aromatic heterocycles. The van der Waals surface area contributed by atoms with Gasteiger partial charge in [-0.3, -0.25) is 0 Å². The highest BCUT2D eigenvalue weighted by Crippen LogP contribution is 2.40. The molecule has 106 valence electrons. The van der Waals surface area contributed by atoms with Crippen molar-refractivity contribution in [3.05, 3.63) is 35.4 Å². The summed E-state index contributed by atoms with van der Waals surface area (Å²) in [6, 6.07) is 9.11. The molecule has 0 bridgehead atoms. The smallest absolute Gasteiger partial charge is 0.0580 e. The monoisotopic (exact) mass is 324 g/mol. The lowest BCUT2D eigenvalue weighted by Gasteiger charge is -2.36. The maximum atomic E-state index is 5.62. The zero-order chi connectivity index (χ0) is 13.7. The lowest BCUT2D eigenvalue weighted by atomic mass is 9.78. The van der Waals surface area contributed by atoms with Gasteiger partial charge in [0.25, 0.3) is 0 Å². The Bertz CT molecular complexity index is 367. The lowest BCUT2D eigenvalue weighted by molar-refractivity contribution is -0.0264. The van der Waals surface area contributed by atoms with E-state index < -0.39 is 0 Å². The van der Waals surface area contributed by atoms with Crippen LogP contribution in [0.5, 0.6) is 0 Å². The van der Waals surface area contributed by atoms with Gasteiger partial charge in [0.15, 0.2) is 0 Å². The highest BCUT2D eigenvalue weighted by atomic mass is 79.9. The number of rotatable bonds is 7. The quantitative estimate of drug-likeness (QED) is 0.620. The number of aryl methyl sites for hydroxylation is 1. The van der Waals surface area contributed by atoms with Crippen molar-refractivity contribution in [2.24, 2.45) is 5.92 Å². The first-order valence-corrected chi connectivity index (χ1v) is 8.49. The highest BCUT2D eigenvalue weighted by molar-refractivity contribution is 9.09. The number of benzene rings is 1. The molecule has 1 aromatic carbocycles. The molecule has 2 heteroatoms. The molecule has 1 aliphatic carbocycles. The molecule has 1 nitrogen and oxygen atoms in total. The average Bonchev–Trinajstić information content (AvgIpc) is 2.37. The minimum absolute atomic E-state index is 0.496. The van der Waals surface area contributed by atoms with Gasteiger partial charge in [0.2, 0.25) is 0 Å². The molecule has 1 saturated carbocycles. The number of ether oxygens (including phenoxy) is 1. The molecular formula is C17H25BrO. The lowest BCUT2D eigenvalue weighted by Crippen LogP contribution is -2.31. The van der Waals surface area contributed by atoms with Crippen LogP contribution < -0.4 is 0 Å². The first-order chi connectivity index (χ1) is 9.22. The number of halogens is 1. The Morgan fingerprint density at radius 3 is 2.47 bits per heavy atom. The van der Waals surface area contributed by atoms with Crippen LogP contribution in [0.25, 0.3) is 0 Å². The molecule has 0 amide bonds. The largest absolute Gasteiger partial charge is 0.378 e. The summed E-state index contributed by atoms with van der Waals surface area (Å²) in [5.74, 6) is 0.830. The van der Waals surface area contributed by atoms with Crippen molar-refractivity contribution in [1.29, 1.82) is 0 Å². The normalized spacial score (nSPS) is 23.9. The van der Waals surface area contributed by atoms with Crippen LogP contribution in [-0.2, 0) is 11.2 Å². The standard InChI is InChI=1S/C17H25BrO/c1-3-5-13-6-8-15(9-7-13)17(18)12-14-10-16(11-14)19-4-2/h6-9,14,16-17H,3-5,10-12H2,1-2H3. The fraction of sp³-hybridized carbons (Fsp3) is 0.647. The molecule has 0 N–H and O–H groups in total. The zero-order valence-corrected chi connectivity index (χ0v) is 13.7. The van der Waals surface area contributed by atoms with Crippen molar-refractivity contribution < 1.29 is 4.74 Å². The molecule has 19 heavy (non-hydrogen) atoms. The van der Waals surface area contributed by atoms with Gasteiger partial charge in [0, 0.05) is 11.4 Å². The number of hydrogen-bond acceptors (Lipinski definition) is 1. The number of alkyl halides is 1. The van der Waals surface area contributed by atoms with Crippen LogP contribution in [0.1, 0.15) is 55.5 Å². The van der Waals surface area contributed by atoms with E-state index in [0.717, 1.165) is 12.5 Å². The Balaban J connectivity index is 1.78. The molecule has 0 spiro atoms. The summed E-state index contributed by atoms with van der Waals surface area (Å²) in [4.78, 5) is 0.496. The Labute approximate surface area is 125 Å². The minimum Gasteiger partial charge on any atom is -0.378 e. The van der Waals surface area contributed by atoms with Gasteiger partial charge >= 0.3 is 0 Å². The summed E-state index contributed by atoms with van der Waals surface area (Å²) in [6.07, 6.45) is 6.65.